The topological polar surface area (TPSA) is 50.7 Å². The molecule has 44 valence electrons. The van der Waals surface area contributed by atoms with Crippen molar-refractivity contribution in [2.75, 3.05) is 0 Å². The summed E-state index contributed by atoms with van der Waals surface area (Å²) in [5, 5.41) is 0. The third-order valence-electron chi connectivity index (χ3n) is 1.05. The van der Waals surface area contributed by atoms with Gasteiger partial charge in [0, 0.05) is 6.42 Å². The summed E-state index contributed by atoms with van der Waals surface area (Å²) < 4.78 is 0. The smallest absolute Gasteiger partial charge is 0.112 e. The van der Waals surface area contributed by atoms with Crippen LogP contribution >= 0.6 is 0 Å². The zero-order valence-electron chi connectivity index (χ0n) is 4.83. The standard InChI is InChI=1S/C5H9N3/c1-4-2-5(6)8-3-7-4/h3-4H,2H2,1H3,(H2,6,7,8). The molecule has 0 aliphatic carbocycles. The van der Waals surface area contributed by atoms with E-state index in [2.05, 4.69) is 9.98 Å². The van der Waals surface area contributed by atoms with E-state index in [1.807, 2.05) is 6.92 Å². The first-order chi connectivity index (χ1) is 3.79. The van der Waals surface area contributed by atoms with Crippen LogP contribution in [0.15, 0.2) is 9.98 Å². The van der Waals surface area contributed by atoms with Crippen LogP contribution in [0.2, 0.25) is 0 Å². The van der Waals surface area contributed by atoms with Crippen molar-refractivity contribution in [2.24, 2.45) is 15.7 Å². The normalized spacial score (nSPS) is 27.6. The molecule has 1 aliphatic heterocycles. The summed E-state index contributed by atoms with van der Waals surface area (Å²) in [4.78, 5) is 7.77. The molecular weight excluding hydrogens is 102 g/mol. The minimum atomic E-state index is 0.326. The number of amidine groups is 1. The van der Waals surface area contributed by atoms with Gasteiger partial charge in [-0.15, -0.1) is 0 Å². The highest BCUT2D eigenvalue weighted by atomic mass is 15.0. The highest BCUT2D eigenvalue weighted by molar-refractivity contribution is 5.89. The van der Waals surface area contributed by atoms with E-state index >= 15 is 0 Å². The first kappa shape index (κ1) is 5.28. The van der Waals surface area contributed by atoms with Gasteiger partial charge in [-0.1, -0.05) is 0 Å². The molecule has 0 bridgehead atoms. The lowest BCUT2D eigenvalue weighted by Gasteiger charge is -2.07. The maximum absolute atomic E-state index is 5.38. The van der Waals surface area contributed by atoms with Gasteiger partial charge in [-0.3, -0.25) is 4.99 Å². The molecule has 0 aromatic heterocycles. The van der Waals surface area contributed by atoms with Gasteiger partial charge in [-0.2, -0.15) is 0 Å². The number of nitrogens with two attached hydrogens (primary N) is 1. The Balaban J connectivity index is 2.59. The molecule has 1 aliphatic rings. The Morgan fingerprint density at radius 1 is 1.88 bits per heavy atom. The zero-order chi connectivity index (χ0) is 5.98. The predicted octanol–water partition coefficient (Wildman–Crippen LogP) is 0.164. The van der Waals surface area contributed by atoms with E-state index in [0.29, 0.717) is 11.9 Å². The molecule has 0 spiro atoms. The van der Waals surface area contributed by atoms with Gasteiger partial charge in [-0.25, -0.2) is 4.99 Å². The summed E-state index contributed by atoms with van der Waals surface area (Å²) in [5.74, 6) is 0.688. The highest BCUT2D eigenvalue weighted by Crippen LogP contribution is 1.98. The molecule has 0 aromatic carbocycles. The van der Waals surface area contributed by atoms with E-state index in [-0.39, 0.29) is 0 Å². The van der Waals surface area contributed by atoms with Crippen LogP contribution < -0.4 is 5.73 Å². The van der Waals surface area contributed by atoms with Gasteiger partial charge >= 0.3 is 0 Å². The molecule has 2 N–H and O–H groups in total. The molecule has 0 saturated carbocycles. The highest BCUT2D eigenvalue weighted by Gasteiger charge is 2.03. The predicted molar refractivity (Wildman–Crippen MR) is 34.2 cm³/mol. The molecular formula is C5H9N3. The molecule has 8 heavy (non-hydrogen) atoms. The number of hydrogen-bond donors (Lipinski definition) is 1. The number of hydrogen-bond acceptors (Lipinski definition) is 3. The molecule has 0 aromatic rings. The van der Waals surface area contributed by atoms with Crippen molar-refractivity contribution >= 4 is 12.2 Å². The van der Waals surface area contributed by atoms with E-state index in [1.54, 1.807) is 0 Å². The van der Waals surface area contributed by atoms with Crippen LogP contribution in [0.25, 0.3) is 0 Å². The van der Waals surface area contributed by atoms with Gasteiger partial charge in [0.05, 0.1) is 6.04 Å². The second kappa shape index (κ2) is 1.94. The second-order valence-corrected chi connectivity index (χ2v) is 1.94. The second-order valence-electron chi connectivity index (χ2n) is 1.94. The van der Waals surface area contributed by atoms with Crippen molar-refractivity contribution in [1.82, 2.24) is 0 Å². The minimum absolute atomic E-state index is 0.326. The first-order valence-corrected chi connectivity index (χ1v) is 2.63. The fraction of sp³-hybridized carbons (Fsp3) is 0.600. The Morgan fingerprint density at radius 2 is 2.62 bits per heavy atom. The van der Waals surface area contributed by atoms with Crippen LogP contribution in [0.1, 0.15) is 13.3 Å². The van der Waals surface area contributed by atoms with Gasteiger partial charge in [0.25, 0.3) is 0 Å². The average Bonchev–Trinajstić information content (AvgIpc) is 1.64. The SMILES string of the molecule is CC1CC(N)=NC=N1. The van der Waals surface area contributed by atoms with Crippen LogP contribution in [0.5, 0.6) is 0 Å². The molecule has 3 heteroatoms. The third kappa shape index (κ3) is 1.05. The Morgan fingerprint density at radius 3 is 3.00 bits per heavy atom. The Bertz CT molecular complexity index is 137. The molecule has 1 unspecified atom stereocenters. The van der Waals surface area contributed by atoms with E-state index in [1.165, 1.54) is 6.34 Å². The van der Waals surface area contributed by atoms with Crippen LogP contribution in [0.4, 0.5) is 0 Å². The van der Waals surface area contributed by atoms with Crippen LogP contribution in [-0.4, -0.2) is 18.2 Å². The summed E-state index contributed by atoms with van der Waals surface area (Å²) in [6.45, 7) is 2.01. The molecule has 0 radical (unpaired) electrons. The van der Waals surface area contributed by atoms with Gasteiger partial charge in [0.15, 0.2) is 0 Å². The average molecular weight is 111 g/mol. The van der Waals surface area contributed by atoms with Crippen LogP contribution in [0.3, 0.4) is 0 Å². The summed E-state index contributed by atoms with van der Waals surface area (Å²) in [6, 6.07) is 0.326. The van der Waals surface area contributed by atoms with E-state index in [4.69, 9.17) is 5.73 Å². The lowest BCUT2D eigenvalue weighted by atomic mass is 10.2. The largest absolute Gasteiger partial charge is 0.387 e. The quantitative estimate of drug-likeness (QED) is 0.475. The molecule has 0 amide bonds. The lowest BCUT2D eigenvalue weighted by molar-refractivity contribution is 0.770. The van der Waals surface area contributed by atoms with Crippen molar-refractivity contribution in [3.8, 4) is 0 Å². The number of aliphatic imine (C=N–C) groups is 2. The van der Waals surface area contributed by atoms with Crippen molar-refractivity contribution < 1.29 is 0 Å². The molecule has 1 heterocycles. The maximum atomic E-state index is 5.38. The molecule has 0 saturated heterocycles. The maximum Gasteiger partial charge on any atom is 0.112 e. The summed E-state index contributed by atoms with van der Waals surface area (Å²) in [6.07, 6.45) is 2.32. The van der Waals surface area contributed by atoms with Gasteiger partial charge in [0.1, 0.15) is 12.2 Å². The third-order valence-corrected chi connectivity index (χ3v) is 1.05. The van der Waals surface area contributed by atoms with E-state index in [0.717, 1.165) is 6.42 Å². The number of rotatable bonds is 0. The molecule has 0 fully saturated rings. The Hall–Kier alpha value is -0.860. The van der Waals surface area contributed by atoms with Crippen molar-refractivity contribution in [1.29, 1.82) is 0 Å². The fourth-order valence-electron chi connectivity index (χ4n) is 0.629. The van der Waals surface area contributed by atoms with Gasteiger partial charge in [0.2, 0.25) is 0 Å². The monoisotopic (exact) mass is 111 g/mol. The van der Waals surface area contributed by atoms with Crippen molar-refractivity contribution in [3.05, 3.63) is 0 Å². The first-order valence-electron chi connectivity index (χ1n) is 2.63. The van der Waals surface area contributed by atoms with Crippen LogP contribution in [0, 0.1) is 0 Å². The summed E-state index contributed by atoms with van der Waals surface area (Å²) in [7, 11) is 0. The van der Waals surface area contributed by atoms with Crippen molar-refractivity contribution in [2.45, 2.75) is 19.4 Å². The Labute approximate surface area is 48.3 Å². The number of nitrogens with zero attached hydrogens (tertiary/aromatic N) is 2. The zero-order valence-corrected chi connectivity index (χ0v) is 4.83. The fourth-order valence-corrected chi connectivity index (χ4v) is 0.629. The summed E-state index contributed by atoms with van der Waals surface area (Å²) in [5.41, 5.74) is 5.38. The van der Waals surface area contributed by atoms with Crippen LogP contribution in [-0.2, 0) is 0 Å². The van der Waals surface area contributed by atoms with E-state index in [9.17, 15) is 0 Å². The van der Waals surface area contributed by atoms with Gasteiger partial charge in [-0.05, 0) is 6.92 Å². The molecule has 1 atom stereocenters. The lowest BCUT2D eigenvalue weighted by Crippen LogP contribution is -2.20. The van der Waals surface area contributed by atoms with E-state index < -0.39 is 0 Å². The van der Waals surface area contributed by atoms with Crippen molar-refractivity contribution in [3.63, 3.8) is 0 Å². The summed E-state index contributed by atoms with van der Waals surface area (Å²) >= 11 is 0. The molecule has 3 nitrogen and oxygen atoms in total. The van der Waals surface area contributed by atoms with Gasteiger partial charge < -0.3 is 5.73 Å². The Kier molecular flexibility index (Phi) is 1.28. The minimum Gasteiger partial charge on any atom is -0.387 e. The molecule has 1 rings (SSSR count).